The lowest BCUT2D eigenvalue weighted by atomic mass is 10.2. The molecule has 0 fully saturated rings. The van der Waals surface area contributed by atoms with Gasteiger partial charge >= 0.3 is 5.97 Å². The summed E-state index contributed by atoms with van der Waals surface area (Å²) in [4.78, 5) is 35.3. The van der Waals surface area contributed by atoms with E-state index in [4.69, 9.17) is 21.4 Å². The standard InChI is InChI=1S/C15H18ClFN2O5/c1-9(15(22)23)19(6-5-18-10(2)20)14(21)8-24-13-4-3-11(17)7-12(13)16/h3-4,7,9H,5-6,8H2,1-2H3,(H,18,20)(H,22,23). The highest BCUT2D eigenvalue weighted by Gasteiger charge is 2.25. The van der Waals surface area contributed by atoms with E-state index < -0.39 is 30.3 Å². The number of amides is 2. The van der Waals surface area contributed by atoms with Gasteiger partial charge in [-0.15, -0.1) is 0 Å². The van der Waals surface area contributed by atoms with Crippen LogP contribution in [0.1, 0.15) is 13.8 Å². The molecule has 0 saturated carbocycles. The zero-order valence-corrected chi connectivity index (χ0v) is 14.0. The van der Waals surface area contributed by atoms with Gasteiger partial charge in [0, 0.05) is 20.0 Å². The SMILES string of the molecule is CC(=O)NCCN(C(=O)COc1ccc(F)cc1Cl)C(C)C(=O)O. The second-order valence-corrected chi connectivity index (χ2v) is 5.35. The average Bonchev–Trinajstić information content (AvgIpc) is 2.49. The van der Waals surface area contributed by atoms with Crippen molar-refractivity contribution in [2.75, 3.05) is 19.7 Å². The number of carbonyl (C=O) groups is 3. The van der Waals surface area contributed by atoms with Gasteiger partial charge in [0.05, 0.1) is 5.02 Å². The number of aliphatic carboxylic acids is 1. The number of carboxylic acids is 1. The van der Waals surface area contributed by atoms with Crippen molar-refractivity contribution >= 4 is 29.4 Å². The number of rotatable bonds is 8. The normalized spacial score (nSPS) is 11.5. The number of benzene rings is 1. The molecule has 1 atom stereocenters. The zero-order valence-electron chi connectivity index (χ0n) is 13.2. The average molecular weight is 361 g/mol. The third-order valence-electron chi connectivity index (χ3n) is 3.12. The van der Waals surface area contributed by atoms with Crippen molar-refractivity contribution in [3.8, 4) is 5.75 Å². The van der Waals surface area contributed by atoms with Crippen molar-refractivity contribution in [2.45, 2.75) is 19.9 Å². The molecule has 0 heterocycles. The Labute approximate surface area is 143 Å². The van der Waals surface area contributed by atoms with Crippen LogP contribution in [0.5, 0.6) is 5.75 Å². The molecule has 0 radical (unpaired) electrons. The van der Waals surface area contributed by atoms with E-state index in [1.165, 1.54) is 19.9 Å². The van der Waals surface area contributed by atoms with Gasteiger partial charge in [0.25, 0.3) is 5.91 Å². The summed E-state index contributed by atoms with van der Waals surface area (Å²) in [6.45, 7) is 2.30. The van der Waals surface area contributed by atoms with Gasteiger partial charge in [0.2, 0.25) is 5.91 Å². The van der Waals surface area contributed by atoms with Crippen LogP contribution in [0.3, 0.4) is 0 Å². The van der Waals surface area contributed by atoms with E-state index in [2.05, 4.69) is 5.32 Å². The third-order valence-corrected chi connectivity index (χ3v) is 3.41. The first-order valence-corrected chi connectivity index (χ1v) is 7.44. The summed E-state index contributed by atoms with van der Waals surface area (Å²) in [5.74, 6) is -2.52. The molecule has 7 nitrogen and oxygen atoms in total. The van der Waals surface area contributed by atoms with Crippen LogP contribution < -0.4 is 10.1 Å². The summed E-state index contributed by atoms with van der Waals surface area (Å²) >= 11 is 5.79. The minimum atomic E-state index is -1.19. The first-order chi connectivity index (χ1) is 11.2. The summed E-state index contributed by atoms with van der Waals surface area (Å²) < 4.78 is 18.2. The molecule has 9 heteroatoms. The van der Waals surface area contributed by atoms with E-state index >= 15 is 0 Å². The Balaban J connectivity index is 2.72. The first kappa shape index (κ1) is 19.7. The highest BCUT2D eigenvalue weighted by molar-refractivity contribution is 6.32. The quantitative estimate of drug-likeness (QED) is 0.728. The van der Waals surface area contributed by atoms with Crippen molar-refractivity contribution in [1.29, 1.82) is 0 Å². The van der Waals surface area contributed by atoms with Crippen LogP contribution in [0, 0.1) is 5.82 Å². The van der Waals surface area contributed by atoms with Crippen LogP contribution in [-0.4, -0.2) is 53.5 Å². The maximum atomic E-state index is 13.0. The van der Waals surface area contributed by atoms with Crippen molar-refractivity contribution in [3.63, 3.8) is 0 Å². The Kier molecular flexibility index (Phi) is 7.44. The van der Waals surface area contributed by atoms with Crippen LogP contribution in [0.2, 0.25) is 5.02 Å². The van der Waals surface area contributed by atoms with Crippen LogP contribution in [0.25, 0.3) is 0 Å². The molecule has 1 aromatic rings. The van der Waals surface area contributed by atoms with Gasteiger partial charge in [-0.2, -0.15) is 0 Å². The number of ether oxygens (including phenoxy) is 1. The van der Waals surface area contributed by atoms with E-state index in [1.807, 2.05) is 0 Å². The number of nitrogens with one attached hydrogen (secondary N) is 1. The topological polar surface area (TPSA) is 95.9 Å². The summed E-state index contributed by atoms with van der Waals surface area (Å²) in [5, 5.41) is 11.6. The molecule has 132 valence electrons. The molecule has 1 unspecified atom stereocenters. The number of carboxylic acid groups (broad SMARTS) is 1. The lowest BCUT2D eigenvalue weighted by molar-refractivity contribution is -0.150. The molecular formula is C15H18ClFN2O5. The predicted octanol–water partition coefficient (Wildman–Crippen LogP) is 1.30. The van der Waals surface area contributed by atoms with Crippen molar-refractivity contribution < 1.29 is 28.6 Å². The van der Waals surface area contributed by atoms with E-state index in [1.54, 1.807) is 0 Å². The minimum Gasteiger partial charge on any atom is -0.482 e. The molecule has 0 aromatic heterocycles. The van der Waals surface area contributed by atoms with Crippen molar-refractivity contribution in [3.05, 3.63) is 29.0 Å². The predicted molar refractivity (Wildman–Crippen MR) is 84.4 cm³/mol. The Morgan fingerprint density at radius 2 is 2.08 bits per heavy atom. The zero-order chi connectivity index (χ0) is 18.3. The Morgan fingerprint density at radius 1 is 1.42 bits per heavy atom. The first-order valence-electron chi connectivity index (χ1n) is 7.07. The molecule has 1 aromatic carbocycles. The fraction of sp³-hybridized carbons (Fsp3) is 0.400. The maximum Gasteiger partial charge on any atom is 0.326 e. The molecule has 1 rings (SSSR count). The Hall–Kier alpha value is -2.35. The second kappa shape index (κ2) is 9.07. The third kappa shape index (κ3) is 6.04. The molecule has 2 N–H and O–H groups in total. The summed E-state index contributed by atoms with van der Waals surface area (Å²) in [6, 6.07) is 2.34. The smallest absolute Gasteiger partial charge is 0.326 e. The lowest BCUT2D eigenvalue weighted by Crippen LogP contribution is -2.48. The van der Waals surface area contributed by atoms with Gasteiger partial charge in [-0.3, -0.25) is 9.59 Å². The fourth-order valence-corrected chi connectivity index (χ4v) is 2.06. The summed E-state index contributed by atoms with van der Waals surface area (Å²) in [6.07, 6.45) is 0. The van der Waals surface area contributed by atoms with Crippen molar-refractivity contribution in [1.82, 2.24) is 10.2 Å². The maximum absolute atomic E-state index is 13.0. The lowest BCUT2D eigenvalue weighted by Gasteiger charge is -2.26. The monoisotopic (exact) mass is 360 g/mol. The summed E-state index contributed by atoms with van der Waals surface area (Å²) in [5.41, 5.74) is 0. The van der Waals surface area contributed by atoms with E-state index in [0.717, 1.165) is 17.0 Å². The molecule has 0 spiro atoms. The molecule has 2 amide bonds. The number of hydrogen-bond donors (Lipinski definition) is 2. The molecular weight excluding hydrogens is 343 g/mol. The molecule has 0 aliphatic carbocycles. The van der Waals surface area contributed by atoms with Crippen LogP contribution >= 0.6 is 11.6 Å². The van der Waals surface area contributed by atoms with Crippen molar-refractivity contribution in [2.24, 2.45) is 0 Å². The van der Waals surface area contributed by atoms with Crippen LogP contribution in [-0.2, 0) is 14.4 Å². The minimum absolute atomic E-state index is 0.00104. The van der Waals surface area contributed by atoms with E-state index in [-0.39, 0.29) is 29.8 Å². The van der Waals surface area contributed by atoms with Gasteiger partial charge in [0.1, 0.15) is 17.6 Å². The number of nitrogens with zero attached hydrogens (tertiary/aromatic N) is 1. The molecule has 0 bridgehead atoms. The van der Waals surface area contributed by atoms with E-state index in [9.17, 15) is 18.8 Å². The highest BCUT2D eigenvalue weighted by Crippen LogP contribution is 2.24. The molecule has 0 aliphatic heterocycles. The molecule has 0 aliphatic rings. The van der Waals surface area contributed by atoms with Gasteiger partial charge in [0.15, 0.2) is 6.61 Å². The van der Waals surface area contributed by atoms with Crippen LogP contribution in [0.4, 0.5) is 4.39 Å². The Morgan fingerprint density at radius 3 is 2.62 bits per heavy atom. The molecule has 0 saturated heterocycles. The Bertz CT molecular complexity index is 626. The van der Waals surface area contributed by atoms with Gasteiger partial charge in [-0.25, -0.2) is 9.18 Å². The van der Waals surface area contributed by atoms with E-state index in [0.29, 0.717) is 0 Å². The summed E-state index contributed by atoms with van der Waals surface area (Å²) in [7, 11) is 0. The van der Waals surface area contributed by atoms with Crippen LogP contribution in [0.15, 0.2) is 18.2 Å². The highest BCUT2D eigenvalue weighted by atomic mass is 35.5. The molecule has 24 heavy (non-hydrogen) atoms. The number of hydrogen-bond acceptors (Lipinski definition) is 4. The fourth-order valence-electron chi connectivity index (χ4n) is 1.83. The largest absolute Gasteiger partial charge is 0.482 e. The number of halogens is 2. The van der Waals surface area contributed by atoms with Gasteiger partial charge in [-0.1, -0.05) is 11.6 Å². The second-order valence-electron chi connectivity index (χ2n) is 4.95. The van der Waals surface area contributed by atoms with Gasteiger partial charge in [-0.05, 0) is 25.1 Å². The van der Waals surface area contributed by atoms with Gasteiger partial charge < -0.3 is 20.1 Å². The number of carbonyl (C=O) groups excluding carboxylic acids is 2.